The maximum absolute atomic E-state index is 4.05. The van der Waals surface area contributed by atoms with Crippen LogP contribution >= 0.6 is 0 Å². The van der Waals surface area contributed by atoms with Crippen LogP contribution in [0.3, 0.4) is 0 Å². The van der Waals surface area contributed by atoms with E-state index in [1.807, 2.05) is 18.7 Å². The molecule has 1 unspecified atom stereocenters. The summed E-state index contributed by atoms with van der Waals surface area (Å²) in [6.07, 6.45) is 6.82. The number of aromatic nitrogens is 2. The van der Waals surface area contributed by atoms with Gasteiger partial charge in [0.1, 0.15) is 0 Å². The maximum Gasteiger partial charge on any atom is 0.0945 e. The number of nitrogens with zero attached hydrogens (tertiary/aromatic N) is 2. The molecule has 0 aliphatic rings. The van der Waals surface area contributed by atoms with Crippen molar-refractivity contribution in [2.45, 2.75) is 39.8 Å². The lowest BCUT2D eigenvalue weighted by molar-refractivity contribution is 0.525. The number of benzene rings is 1. The van der Waals surface area contributed by atoms with Crippen LogP contribution in [0.4, 0.5) is 0 Å². The molecule has 1 N–H and O–H groups in total. The third kappa shape index (κ3) is 3.67. The molecule has 1 atom stereocenters. The molecule has 1 aromatic carbocycles. The quantitative estimate of drug-likeness (QED) is 0.805. The highest BCUT2D eigenvalue weighted by atomic mass is 15.0. The average Bonchev–Trinajstić information content (AvgIpc) is 2.91. The lowest BCUT2D eigenvalue weighted by atomic mass is 9.98. The van der Waals surface area contributed by atoms with Gasteiger partial charge in [-0.3, -0.25) is 0 Å². The number of aryl methyl sites for hydroxylation is 2. The van der Waals surface area contributed by atoms with E-state index in [4.69, 9.17) is 0 Å². The minimum Gasteiger partial charge on any atom is -0.337 e. The van der Waals surface area contributed by atoms with Crippen molar-refractivity contribution in [3.8, 4) is 0 Å². The van der Waals surface area contributed by atoms with E-state index >= 15 is 0 Å². The molecule has 0 saturated carbocycles. The molecule has 0 bridgehead atoms. The van der Waals surface area contributed by atoms with Crippen molar-refractivity contribution in [3.05, 3.63) is 53.6 Å². The first-order chi connectivity index (χ1) is 9.18. The van der Waals surface area contributed by atoms with E-state index in [-0.39, 0.29) is 0 Å². The van der Waals surface area contributed by atoms with Crippen LogP contribution in [0, 0.1) is 13.8 Å². The normalized spacial score (nSPS) is 12.6. The van der Waals surface area contributed by atoms with Crippen molar-refractivity contribution in [2.24, 2.45) is 0 Å². The Morgan fingerprint density at radius 3 is 2.89 bits per heavy atom. The highest BCUT2D eigenvalue weighted by molar-refractivity contribution is 5.34. The summed E-state index contributed by atoms with van der Waals surface area (Å²) in [4.78, 5) is 4.05. The van der Waals surface area contributed by atoms with Crippen LogP contribution < -0.4 is 5.32 Å². The van der Waals surface area contributed by atoms with E-state index in [9.17, 15) is 0 Å². The van der Waals surface area contributed by atoms with Gasteiger partial charge in [0.15, 0.2) is 0 Å². The molecule has 3 nitrogen and oxygen atoms in total. The largest absolute Gasteiger partial charge is 0.337 e. The maximum atomic E-state index is 4.05. The molecule has 1 aromatic heterocycles. The molecule has 0 fully saturated rings. The van der Waals surface area contributed by atoms with Gasteiger partial charge in [-0.05, 0) is 50.4 Å². The number of hydrogen-bond donors (Lipinski definition) is 1. The predicted molar refractivity (Wildman–Crippen MR) is 79.2 cm³/mol. The summed E-state index contributed by atoms with van der Waals surface area (Å²) >= 11 is 0. The Morgan fingerprint density at radius 1 is 1.32 bits per heavy atom. The molecular weight excluding hydrogens is 234 g/mol. The van der Waals surface area contributed by atoms with Crippen molar-refractivity contribution >= 4 is 0 Å². The SMILES string of the molecule is Cc1cccc(C(C)NCCCn2ccnc2)c1C. The molecule has 19 heavy (non-hydrogen) atoms. The fourth-order valence-corrected chi connectivity index (χ4v) is 2.35. The molecule has 1 heterocycles. The summed E-state index contributed by atoms with van der Waals surface area (Å²) in [6, 6.07) is 6.93. The molecular formula is C16H23N3. The first kappa shape index (κ1) is 13.8. The fraction of sp³-hybridized carbons (Fsp3) is 0.438. The van der Waals surface area contributed by atoms with E-state index in [2.05, 4.69) is 53.8 Å². The van der Waals surface area contributed by atoms with Gasteiger partial charge in [0.2, 0.25) is 0 Å². The molecule has 0 radical (unpaired) electrons. The average molecular weight is 257 g/mol. The molecule has 0 aliphatic carbocycles. The molecule has 2 aromatic rings. The van der Waals surface area contributed by atoms with Gasteiger partial charge in [0.05, 0.1) is 6.33 Å². The summed E-state index contributed by atoms with van der Waals surface area (Å²) < 4.78 is 2.12. The third-order valence-corrected chi connectivity index (χ3v) is 3.72. The first-order valence-electron chi connectivity index (χ1n) is 6.93. The van der Waals surface area contributed by atoms with E-state index < -0.39 is 0 Å². The summed E-state index contributed by atoms with van der Waals surface area (Å²) in [5, 5.41) is 3.60. The molecule has 0 amide bonds. The Hall–Kier alpha value is -1.61. The van der Waals surface area contributed by atoms with Gasteiger partial charge in [0, 0.05) is 25.0 Å². The zero-order valence-electron chi connectivity index (χ0n) is 12.1. The topological polar surface area (TPSA) is 29.9 Å². The zero-order chi connectivity index (χ0) is 13.7. The van der Waals surface area contributed by atoms with Crippen LogP contribution in [0.1, 0.15) is 36.1 Å². The lowest BCUT2D eigenvalue weighted by Crippen LogP contribution is -2.21. The molecule has 3 heteroatoms. The monoisotopic (exact) mass is 257 g/mol. The van der Waals surface area contributed by atoms with Crippen LogP contribution in [0.2, 0.25) is 0 Å². The van der Waals surface area contributed by atoms with Gasteiger partial charge in [-0.25, -0.2) is 4.98 Å². The highest BCUT2D eigenvalue weighted by Crippen LogP contribution is 2.19. The molecule has 2 rings (SSSR count). The highest BCUT2D eigenvalue weighted by Gasteiger charge is 2.08. The second kappa shape index (κ2) is 6.53. The molecule has 0 aliphatic heterocycles. The van der Waals surface area contributed by atoms with Crippen molar-refractivity contribution in [1.82, 2.24) is 14.9 Å². The molecule has 0 saturated heterocycles. The van der Waals surface area contributed by atoms with Crippen LogP contribution in [-0.2, 0) is 6.54 Å². The summed E-state index contributed by atoms with van der Waals surface area (Å²) in [7, 11) is 0. The van der Waals surface area contributed by atoms with E-state index in [0.717, 1.165) is 19.5 Å². The van der Waals surface area contributed by atoms with Gasteiger partial charge < -0.3 is 9.88 Å². The fourth-order valence-electron chi connectivity index (χ4n) is 2.35. The minimum absolute atomic E-state index is 0.405. The van der Waals surface area contributed by atoms with Gasteiger partial charge in [-0.1, -0.05) is 18.2 Å². The second-order valence-corrected chi connectivity index (χ2v) is 5.12. The minimum atomic E-state index is 0.405. The van der Waals surface area contributed by atoms with E-state index in [1.54, 1.807) is 0 Å². The predicted octanol–water partition coefficient (Wildman–Crippen LogP) is 3.24. The van der Waals surface area contributed by atoms with Gasteiger partial charge >= 0.3 is 0 Å². The smallest absolute Gasteiger partial charge is 0.0945 e. The van der Waals surface area contributed by atoms with Crippen LogP contribution in [0.5, 0.6) is 0 Å². The molecule has 0 spiro atoms. The summed E-state index contributed by atoms with van der Waals surface area (Å²) in [5.74, 6) is 0. The summed E-state index contributed by atoms with van der Waals surface area (Å²) in [6.45, 7) is 8.65. The van der Waals surface area contributed by atoms with Crippen molar-refractivity contribution in [1.29, 1.82) is 0 Å². The lowest BCUT2D eigenvalue weighted by Gasteiger charge is -2.18. The summed E-state index contributed by atoms with van der Waals surface area (Å²) in [5.41, 5.74) is 4.17. The van der Waals surface area contributed by atoms with Gasteiger partial charge in [-0.2, -0.15) is 0 Å². The van der Waals surface area contributed by atoms with Crippen molar-refractivity contribution < 1.29 is 0 Å². The van der Waals surface area contributed by atoms with Crippen molar-refractivity contribution in [3.63, 3.8) is 0 Å². The Bertz CT molecular complexity index is 503. The number of hydrogen-bond acceptors (Lipinski definition) is 2. The third-order valence-electron chi connectivity index (χ3n) is 3.72. The number of rotatable bonds is 6. The molecule has 102 valence electrons. The Balaban J connectivity index is 1.81. The van der Waals surface area contributed by atoms with Gasteiger partial charge in [0.25, 0.3) is 0 Å². The second-order valence-electron chi connectivity index (χ2n) is 5.12. The van der Waals surface area contributed by atoms with E-state index in [0.29, 0.717) is 6.04 Å². The van der Waals surface area contributed by atoms with Crippen molar-refractivity contribution in [2.75, 3.05) is 6.54 Å². The number of imidazole rings is 1. The Kier molecular flexibility index (Phi) is 4.74. The standard InChI is InChI=1S/C16H23N3/c1-13-6-4-7-16(14(13)2)15(3)18-8-5-10-19-11-9-17-12-19/h4,6-7,9,11-12,15,18H,5,8,10H2,1-3H3. The van der Waals surface area contributed by atoms with E-state index in [1.165, 1.54) is 16.7 Å². The Labute approximate surface area is 115 Å². The first-order valence-corrected chi connectivity index (χ1v) is 6.93. The zero-order valence-corrected chi connectivity index (χ0v) is 12.1. The Morgan fingerprint density at radius 2 is 2.16 bits per heavy atom. The van der Waals surface area contributed by atoms with Crippen LogP contribution in [0.25, 0.3) is 0 Å². The number of nitrogens with one attached hydrogen (secondary N) is 1. The van der Waals surface area contributed by atoms with Crippen LogP contribution in [0.15, 0.2) is 36.9 Å². The van der Waals surface area contributed by atoms with Crippen LogP contribution in [-0.4, -0.2) is 16.1 Å². The van der Waals surface area contributed by atoms with Gasteiger partial charge in [-0.15, -0.1) is 0 Å².